The Morgan fingerprint density at radius 3 is 2.80 bits per heavy atom. The molecule has 0 bridgehead atoms. The molecule has 0 atom stereocenters. The van der Waals surface area contributed by atoms with Crippen molar-refractivity contribution in [2.45, 2.75) is 45.6 Å². The molecular formula is C19H24N4OS. The Hall–Kier alpha value is -1.95. The maximum Gasteiger partial charge on any atom is 0.228 e. The highest BCUT2D eigenvalue weighted by atomic mass is 32.1. The molecule has 1 amide bonds. The van der Waals surface area contributed by atoms with Crippen molar-refractivity contribution in [3.05, 3.63) is 39.5 Å². The number of aromatic nitrogens is 2. The van der Waals surface area contributed by atoms with Gasteiger partial charge in [-0.05, 0) is 37.6 Å². The zero-order valence-electron chi connectivity index (χ0n) is 14.7. The first-order valence-corrected chi connectivity index (χ1v) is 10.00. The molecule has 2 aromatic heterocycles. The number of thiophene rings is 1. The highest BCUT2D eigenvalue weighted by molar-refractivity contribution is 7.10. The lowest BCUT2D eigenvalue weighted by Gasteiger charge is -2.34. The third kappa shape index (κ3) is 3.54. The Balaban J connectivity index is 1.57. The van der Waals surface area contributed by atoms with Gasteiger partial charge in [0.15, 0.2) is 0 Å². The van der Waals surface area contributed by atoms with Gasteiger partial charge in [-0.3, -0.25) is 4.79 Å². The number of aryl methyl sites for hydroxylation is 1. The minimum absolute atomic E-state index is 0.207. The van der Waals surface area contributed by atoms with Gasteiger partial charge in [-0.2, -0.15) is 0 Å². The summed E-state index contributed by atoms with van der Waals surface area (Å²) in [6, 6.07) is 4.04. The minimum Gasteiger partial charge on any atom is -0.356 e. The Kier molecular flexibility index (Phi) is 4.70. The molecular weight excluding hydrogens is 332 g/mol. The summed E-state index contributed by atoms with van der Waals surface area (Å²) in [5.41, 5.74) is 2.30. The molecule has 4 rings (SSSR count). The first-order chi connectivity index (χ1) is 12.2. The molecule has 5 nitrogen and oxygen atoms in total. The number of carbonyl (C=O) groups excluding carboxylic acids is 1. The van der Waals surface area contributed by atoms with Crippen molar-refractivity contribution in [1.82, 2.24) is 14.9 Å². The van der Waals surface area contributed by atoms with E-state index >= 15 is 0 Å². The third-order valence-electron chi connectivity index (χ3n) is 5.06. The van der Waals surface area contributed by atoms with Gasteiger partial charge < -0.3 is 9.80 Å². The lowest BCUT2D eigenvalue weighted by atomic mass is 10.0. The maximum atomic E-state index is 12.7. The SMILES string of the molecule is Cc1nc2c(c(N3CCCCC3)n1)CN(C(=O)Cc1cccs1)CC2. The van der Waals surface area contributed by atoms with Gasteiger partial charge in [-0.15, -0.1) is 11.3 Å². The van der Waals surface area contributed by atoms with E-state index in [-0.39, 0.29) is 5.91 Å². The van der Waals surface area contributed by atoms with Gasteiger partial charge in [0.25, 0.3) is 0 Å². The monoisotopic (exact) mass is 356 g/mol. The summed E-state index contributed by atoms with van der Waals surface area (Å²) in [7, 11) is 0. The Bertz CT molecular complexity index is 753. The fraction of sp³-hybridized carbons (Fsp3) is 0.526. The van der Waals surface area contributed by atoms with Gasteiger partial charge in [0.1, 0.15) is 11.6 Å². The second-order valence-corrected chi connectivity index (χ2v) is 7.92. The standard InChI is InChI=1S/C19H24N4OS/c1-14-20-17-7-10-23(18(24)12-15-6-5-11-25-15)13-16(17)19(21-14)22-8-3-2-4-9-22/h5-6,11H,2-4,7-10,12-13H2,1H3. The molecule has 0 saturated carbocycles. The molecule has 2 aromatic rings. The normalized spacial score (nSPS) is 17.5. The first-order valence-electron chi connectivity index (χ1n) is 9.12. The summed E-state index contributed by atoms with van der Waals surface area (Å²) in [5.74, 6) is 2.12. The van der Waals surface area contributed by atoms with Crippen molar-refractivity contribution in [2.24, 2.45) is 0 Å². The largest absolute Gasteiger partial charge is 0.356 e. The molecule has 2 aliphatic rings. The van der Waals surface area contributed by atoms with Crippen LogP contribution in [0.1, 0.15) is 41.2 Å². The number of nitrogens with zero attached hydrogens (tertiary/aromatic N) is 4. The first kappa shape index (κ1) is 16.5. The molecule has 1 saturated heterocycles. The molecule has 2 aliphatic heterocycles. The van der Waals surface area contributed by atoms with Gasteiger partial charge >= 0.3 is 0 Å². The van der Waals surface area contributed by atoms with Crippen LogP contribution in [0.15, 0.2) is 17.5 Å². The molecule has 25 heavy (non-hydrogen) atoms. The summed E-state index contributed by atoms with van der Waals surface area (Å²) < 4.78 is 0. The van der Waals surface area contributed by atoms with Crippen LogP contribution in [-0.2, 0) is 24.2 Å². The summed E-state index contributed by atoms with van der Waals surface area (Å²) in [6.45, 7) is 5.50. The molecule has 0 spiro atoms. The second-order valence-electron chi connectivity index (χ2n) is 6.89. The quantitative estimate of drug-likeness (QED) is 0.848. The number of piperidine rings is 1. The smallest absolute Gasteiger partial charge is 0.228 e. The van der Waals surface area contributed by atoms with Crippen molar-refractivity contribution in [3.63, 3.8) is 0 Å². The molecule has 132 valence electrons. The predicted octanol–water partition coefficient (Wildman–Crippen LogP) is 2.96. The van der Waals surface area contributed by atoms with Crippen LogP contribution in [-0.4, -0.2) is 40.4 Å². The zero-order valence-corrected chi connectivity index (χ0v) is 15.5. The van der Waals surface area contributed by atoms with E-state index < -0.39 is 0 Å². The molecule has 0 unspecified atom stereocenters. The number of anilines is 1. The van der Waals surface area contributed by atoms with Crippen LogP contribution < -0.4 is 4.90 Å². The zero-order chi connectivity index (χ0) is 17.2. The number of amides is 1. The van der Waals surface area contributed by atoms with E-state index in [2.05, 4.69) is 9.88 Å². The van der Waals surface area contributed by atoms with Crippen LogP contribution in [0.3, 0.4) is 0 Å². The minimum atomic E-state index is 0.207. The summed E-state index contributed by atoms with van der Waals surface area (Å²) >= 11 is 1.65. The fourth-order valence-electron chi connectivity index (χ4n) is 3.77. The van der Waals surface area contributed by atoms with E-state index in [0.717, 1.165) is 48.3 Å². The number of hydrogen-bond donors (Lipinski definition) is 0. The van der Waals surface area contributed by atoms with E-state index in [1.165, 1.54) is 24.8 Å². The lowest BCUT2D eigenvalue weighted by molar-refractivity contribution is -0.131. The molecule has 1 fully saturated rings. The molecule has 6 heteroatoms. The van der Waals surface area contributed by atoms with Crippen molar-refractivity contribution < 1.29 is 4.79 Å². The maximum absolute atomic E-state index is 12.7. The van der Waals surface area contributed by atoms with E-state index in [9.17, 15) is 4.79 Å². The van der Waals surface area contributed by atoms with Gasteiger partial charge in [-0.25, -0.2) is 9.97 Å². The predicted molar refractivity (Wildman–Crippen MR) is 100.0 cm³/mol. The van der Waals surface area contributed by atoms with Crippen LogP contribution in [0.5, 0.6) is 0 Å². The van der Waals surface area contributed by atoms with Crippen LogP contribution in [0.4, 0.5) is 5.82 Å². The lowest BCUT2D eigenvalue weighted by Crippen LogP contribution is -2.39. The van der Waals surface area contributed by atoms with Gasteiger partial charge in [-0.1, -0.05) is 6.07 Å². The average molecular weight is 356 g/mol. The Labute approximate surface area is 152 Å². The Morgan fingerprint density at radius 1 is 1.20 bits per heavy atom. The summed E-state index contributed by atoms with van der Waals surface area (Å²) in [6.07, 6.45) is 5.07. The van der Waals surface area contributed by atoms with Gasteiger partial charge in [0.2, 0.25) is 5.91 Å². The number of fused-ring (bicyclic) bond motifs is 1. The number of rotatable bonds is 3. The van der Waals surface area contributed by atoms with Crippen LogP contribution in [0, 0.1) is 6.92 Å². The number of hydrogen-bond acceptors (Lipinski definition) is 5. The van der Waals surface area contributed by atoms with Crippen LogP contribution in [0.25, 0.3) is 0 Å². The van der Waals surface area contributed by atoms with E-state index in [1.807, 2.05) is 29.3 Å². The molecule has 0 aromatic carbocycles. The van der Waals surface area contributed by atoms with Gasteiger partial charge in [0, 0.05) is 36.5 Å². The van der Waals surface area contributed by atoms with Crippen molar-refractivity contribution in [1.29, 1.82) is 0 Å². The second kappa shape index (κ2) is 7.12. The highest BCUT2D eigenvalue weighted by Gasteiger charge is 2.27. The fourth-order valence-corrected chi connectivity index (χ4v) is 4.47. The van der Waals surface area contributed by atoms with E-state index in [4.69, 9.17) is 4.98 Å². The molecule has 4 heterocycles. The van der Waals surface area contributed by atoms with E-state index in [0.29, 0.717) is 13.0 Å². The highest BCUT2D eigenvalue weighted by Crippen LogP contribution is 2.29. The molecule has 0 radical (unpaired) electrons. The topological polar surface area (TPSA) is 49.3 Å². The van der Waals surface area contributed by atoms with Crippen molar-refractivity contribution >= 4 is 23.1 Å². The van der Waals surface area contributed by atoms with Crippen LogP contribution >= 0.6 is 11.3 Å². The van der Waals surface area contributed by atoms with Crippen LogP contribution in [0.2, 0.25) is 0 Å². The van der Waals surface area contributed by atoms with Gasteiger partial charge in [0.05, 0.1) is 18.7 Å². The van der Waals surface area contributed by atoms with Crippen molar-refractivity contribution in [2.75, 3.05) is 24.5 Å². The molecule has 0 N–H and O–H groups in total. The third-order valence-corrected chi connectivity index (χ3v) is 5.94. The summed E-state index contributed by atoms with van der Waals surface area (Å²) in [5, 5.41) is 2.03. The molecule has 0 aliphatic carbocycles. The number of carbonyl (C=O) groups is 1. The van der Waals surface area contributed by atoms with E-state index in [1.54, 1.807) is 11.3 Å². The average Bonchev–Trinajstić information content (AvgIpc) is 3.14. The Morgan fingerprint density at radius 2 is 2.04 bits per heavy atom. The van der Waals surface area contributed by atoms with Crippen molar-refractivity contribution in [3.8, 4) is 0 Å². The summed E-state index contributed by atoms with van der Waals surface area (Å²) in [4.78, 5) is 27.6.